The third-order valence-corrected chi connectivity index (χ3v) is 8.35. The number of carbonyl (C=O) groups is 3. The van der Waals surface area contributed by atoms with Crippen LogP contribution in [0.25, 0.3) is 11.1 Å². The van der Waals surface area contributed by atoms with Gasteiger partial charge in [-0.05, 0) is 89.5 Å². The number of methoxy groups -OCH3 is 1. The first-order valence-electron chi connectivity index (χ1n) is 15.2. The first-order valence-corrected chi connectivity index (χ1v) is 17.1. The normalized spacial score (nSPS) is 12.7. The van der Waals surface area contributed by atoms with Crippen LogP contribution in [0.5, 0.6) is 0 Å². The molecule has 3 N–H and O–H groups in total. The number of amides is 2. The SMILES string of the molecule is COC(=O)[C@@H](NC(=O)c1ccc(C#CC#Cc2ccc(NS(C)(=O)=O)cc2)cc1)[C@@H](C)NC(=O)OCC1c2ccccc2-c2ccccc21. The van der Waals surface area contributed by atoms with E-state index in [-0.39, 0.29) is 18.1 Å². The zero-order valence-corrected chi connectivity index (χ0v) is 27.8. The Labute approximate surface area is 285 Å². The van der Waals surface area contributed by atoms with Crippen LogP contribution in [-0.2, 0) is 24.3 Å². The molecule has 0 fully saturated rings. The predicted molar refractivity (Wildman–Crippen MR) is 186 cm³/mol. The molecule has 1 aliphatic rings. The molecule has 2 amide bonds. The molecule has 2 atom stereocenters. The summed E-state index contributed by atoms with van der Waals surface area (Å²) < 4.78 is 35.5. The maximum atomic E-state index is 13.1. The predicted octanol–water partition coefficient (Wildman–Crippen LogP) is 4.66. The van der Waals surface area contributed by atoms with E-state index in [9.17, 15) is 22.8 Å². The lowest BCUT2D eigenvalue weighted by atomic mass is 9.98. The molecule has 5 rings (SSSR count). The van der Waals surface area contributed by atoms with Crippen LogP contribution >= 0.6 is 0 Å². The first kappa shape index (κ1) is 34.3. The van der Waals surface area contributed by atoms with Crippen molar-refractivity contribution in [1.82, 2.24) is 10.6 Å². The molecule has 11 heteroatoms. The van der Waals surface area contributed by atoms with Crippen LogP contribution in [0.1, 0.15) is 45.5 Å². The lowest BCUT2D eigenvalue weighted by molar-refractivity contribution is -0.143. The summed E-state index contributed by atoms with van der Waals surface area (Å²) in [6.45, 7) is 1.67. The van der Waals surface area contributed by atoms with Crippen LogP contribution in [0.3, 0.4) is 0 Å². The molecule has 0 aromatic heterocycles. The number of nitrogens with one attached hydrogen (secondary N) is 3. The summed E-state index contributed by atoms with van der Waals surface area (Å²) in [6.07, 6.45) is 0.342. The Morgan fingerprint density at radius 2 is 1.31 bits per heavy atom. The van der Waals surface area contributed by atoms with Crippen molar-refractivity contribution in [3.8, 4) is 34.8 Å². The third kappa shape index (κ3) is 8.86. The molecule has 0 saturated heterocycles. The number of hydrogen-bond donors (Lipinski definition) is 3. The number of sulfonamides is 1. The van der Waals surface area contributed by atoms with Crippen molar-refractivity contribution in [3.63, 3.8) is 0 Å². The van der Waals surface area contributed by atoms with E-state index in [2.05, 4.69) is 39.0 Å². The van der Waals surface area contributed by atoms with E-state index in [0.29, 0.717) is 16.8 Å². The molecule has 49 heavy (non-hydrogen) atoms. The fraction of sp³-hybridized carbons (Fsp3) is 0.184. The molecule has 0 bridgehead atoms. The van der Waals surface area contributed by atoms with Crippen molar-refractivity contribution in [2.24, 2.45) is 0 Å². The summed E-state index contributed by atoms with van der Waals surface area (Å²) in [6, 6.07) is 26.9. The molecular weight excluding hydrogens is 642 g/mol. The summed E-state index contributed by atoms with van der Waals surface area (Å²) in [5, 5.41) is 5.29. The van der Waals surface area contributed by atoms with Crippen molar-refractivity contribution in [1.29, 1.82) is 0 Å². The summed E-state index contributed by atoms with van der Waals surface area (Å²) in [5.74, 6) is 9.83. The standard InChI is InChI=1S/C38H33N3O7S/c1-25(39-38(44)48-24-34-32-14-8-6-12-30(32)31-13-7-9-15-33(31)34)35(37(43)47-2)40-36(42)28-20-16-26(17-21-28)10-4-5-11-27-18-22-29(23-19-27)41-49(3,45)46/h6-9,12-23,25,34-35,41H,24H2,1-3H3,(H,39,44)(H,40,42)/t25-,35+/m1/s1. The van der Waals surface area contributed by atoms with E-state index in [1.807, 2.05) is 48.5 Å². The Morgan fingerprint density at radius 3 is 1.84 bits per heavy atom. The number of alkyl carbamates (subject to hydrolysis) is 1. The number of anilines is 1. The summed E-state index contributed by atoms with van der Waals surface area (Å²) in [5.41, 5.74) is 6.31. The smallest absolute Gasteiger partial charge is 0.407 e. The summed E-state index contributed by atoms with van der Waals surface area (Å²) in [7, 11) is -2.16. The molecule has 4 aromatic carbocycles. The molecular formula is C38H33N3O7S. The largest absolute Gasteiger partial charge is 0.467 e. The highest BCUT2D eigenvalue weighted by atomic mass is 32.2. The fourth-order valence-electron chi connectivity index (χ4n) is 5.40. The second-order valence-electron chi connectivity index (χ2n) is 11.3. The van der Waals surface area contributed by atoms with Gasteiger partial charge in [-0.1, -0.05) is 60.4 Å². The quantitative estimate of drug-likeness (QED) is 0.173. The lowest BCUT2D eigenvalue weighted by Crippen LogP contribution is -2.54. The molecule has 10 nitrogen and oxygen atoms in total. The van der Waals surface area contributed by atoms with Crippen molar-refractivity contribution in [3.05, 3.63) is 125 Å². The molecule has 0 unspecified atom stereocenters. The zero-order valence-electron chi connectivity index (χ0n) is 26.9. The van der Waals surface area contributed by atoms with Crippen LogP contribution in [0, 0.1) is 23.7 Å². The Kier molecular flexibility index (Phi) is 10.7. The number of carbonyl (C=O) groups excluding carboxylic acids is 3. The number of fused-ring (bicyclic) bond motifs is 3. The average Bonchev–Trinajstić information content (AvgIpc) is 3.41. The summed E-state index contributed by atoms with van der Waals surface area (Å²) in [4.78, 5) is 38.5. The maximum absolute atomic E-state index is 13.1. The highest BCUT2D eigenvalue weighted by molar-refractivity contribution is 7.92. The second-order valence-corrected chi connectivity index (χ2v) is 13.0. The number of hydrogen-bond acceptors (Lipinski definition) is 7. The van der Waals surface area contributed by atoms with Crippen molar-refractivity contribution >= 4 is 33.7 Å². The van der Waals surface area contributed by atoms with Gasteiger partial charge in [0.1, 0.15) is 12.6 Å². The van der Waals surface area contributed by atoms with Gasteiger partial charge in [-0.25, -0.2) is 18.0 Å². The number of rotatable bonds is 9. The van der Waals surface area contributed by atoms with Crippen LogP contribution < -0.4 is 15.4 Å². The Bertz CT molecular complexity index is 2060. The van der Waals surface area contributed by atoms with Gasteiger partial charge in [-0.15, -0.1) is 0 Å². The van der Waals surface area contributed by atoms with Crippen LogP contribution in [-0.4, -0.2) is 58.4 Å². The van der Waals surface area contributed by atoms with E-state index in [4.69, 9.17) is 9.47 Å². The Morgan fingerprint density at radius 1 is 0.776 bits per heavy atom. The minimum absolute atomic E-state index is 0.0980. The van der Waals surface area contributed by atoms with E-state index in [1.54, 1.807) is 55.5 Å². The zero-order chi connectivity index (χ0) is 35.0. The van der Waals surface area contributed by atoms with E-state index in [1.165, 1.54) is 7.11 Å². The van der Waals surface area contributed by atoms with E-state index in [0.717, 1.165) is 28.5 Å². The van der Waals surface area contributed by atoms with Gasteiger partial charge in [0.2, 0.25) is 10.0 Å². The van der Waals surface area contributed by atoms with Crippen molar-refractivity contribution in [2.45, 2.75) is 24.9 Å². The molecule has 248 valence electrons. The second kappa shape index (κ2) is 15.2. The van der Waals surface area contributed by atoms with Gasteiger partial charge in [0, 0.05) is 28.3 Å². The Hall–Kier alpha value is -6.04. The fourth-order valence-corrected chi connectivity index (χ4v) is 5.96. The van der Waals surface area contributed by atoms with Crippen LogP contribution in [0.4, 0.5) is 10.5 Å². The molecule has 0 heterocycles. The van der Waals surface area contributed by atoms with Crippen molar-refractivity contribution in [2.75, 3.05) is 24.7 Å². The molecule has 4 aromatic rings. The van der Waals surface area contributed by atoms with Gasteiger partial charge in [0.15, 0.2) is 0 Å². The first-order chi connectivity index (χ1) is 23.5. The van der Waals surface area contributed by atoms with E-state index >= 15 is 0 Å². The molecule has 0 aliphatic heterocycles. The highest BCUT2D eigenvalue weighted by Gasteiger charge is 2.32. The van der Waals surface area contributed by atoms with Gasteiger partial charge < -0.3 is 20.1 Å². The topological polar surface area (TPSA) is 140 Å². The van der Waals surface area contributed by atoms with Gasteiger partial charge in [0.05, 0.1) is 19.4 Å². The van der Waals surface area contributed by atoms with Gasteiger partial charge in [0.25, 0.3) is 5.91 Å². The minimum atomic E-state index is -3.36. The van der Waals surface area contributed by atoms with E-state index < -0.39 is 40.1 Å². The van der Waals surface area contributed by atoms with Gasteiger partial charge >= 0.3 is 12.1 Å². The third-order valence-electron chi connectivity index (χ3n) is 7.74. The molecule has 0 saturated carbocycles. The van der Waals surface area contributed by atoms with Crippen LogP contribution in [0.2, 0.25) is 0 Å². The maximum Gasteiger partial charge on any atom is 0.407 e. The van der Waals surface area contributed by atoms with Crippen LogP contribution in [0.15, 0.2) is 97.1 Å². The minimum Gasteiger partial charge on any atom is -0.467 e. The lowest BCUT2D eigenvalue weighted by Gasteiger charge is -2.24. The number of benzene rings is 4. The number of ether oxygens (including phenoxy) is 2. The van der Waals surface area contributed by atoms with Gasteiger partial charge in [-0.2, -0.15) is 0 Å². The highest BCUT2D eigenvalue weighted by Crippen LogP contribution is 2.44. The Balaban J connectivity index is 1.16. The number of esters is 1. The monoisotopic (exact) mass is 675 g/mol. The molecule has 0 radical (unpaired) electrons. The van der Waals surface area contributed by atoms with Crippen molar-refractivity contribution < 1.29 is 32.3 Å². The molecule has 0 spiro atoms. The van der Waals surface area contributed by atoms with Gasteiger partial charge in [-0.3, -0.25) is 9.52 Å². The summed E-state index contributed by atoms with van der Waals surface area (Å²) >= 11 is 0. The molecule has 1 aliphatic carbocycles. The average molecular weight is 676 g/mol.